The van der Waals surface area contributed by atoms with E-state index in [9.17, 15) is 13.2 Å². The molecule has 1 spiro atoms. The van der Waals surface area contributed by atoms with Crippen molar-refractivity contribution in [3.05, 3.63) is 17.3 Å². The van der Waals surface area contributed by atoms with E-state index in [0.29, 0.717) is 15.1 Å². The fourth-order valence-corrected chi connectivity index (χ4v) is 4.64. The first-order valence-electron chi connectivity index (χ1n) is 7.70. The van der Waals surface area contributed by atoms with Crippen molar-refractivity contribution >= 4 is 27.4 Å². The van der Waals surface area contributed by atoms with Crippen LogP contribution in [-0.4, -0.2) is 42.3 Å². The van der Waals surface area contributed by atoms with Crippen molar-refractivity contribution in [2.75, 3.05) is 31.1 Å². The zero-order valence-corrected chi connectivity index (χ0v) is 13.3. The van der Waals surface area contributed by atoms with E-state index in [4.69, 9.17) is 0 Å². The van der Waals surface area contributed by atoms with Crippen molar-refractivity contribution < 1.29 is 13.2 Å². The van der Waals surface area contributed by atoms with Gasteiger partial charge in [0.15, 0.2) is 0 Å². The lowest BCUT2D eigenvalue weighted by Gasteiger charge is -2.53. The van der Waals surface area contributed by atoms with Crippen molar-refractivity contribution in [2.45, 2.75) is 25.4 Å². The van der Waals surface area contributed by atoms with Crippen LogP contribution in [-0.2, 0) is 6.42 Å². The van der Waals surface area contributed by atoms with Crippen LogP contribution in [0.4, 0.5) is 19.0 Å². The molecule has 124 valence electrons. The maximum atomic E-state index is 12.6. The Morgan fingerprint density at radius 2 is 1.96 bits per heavy atom. The van der Waals surface area contributed by atoms with Crippen molar-refractivity contribution in [1.29, 1.82) is 0 Å². The maximum absolute atomic E-state index is 12.6. The fraction of sp³-hybridized carbons (Fsp3) is 0.600. The average molecular weight is 342 g/mol. The van der Waals surface area contributed by atoms with Crippen LogP contribution in [0.2, 0.25) is 0 Å². The maximum Gasteiger partial charge on any atom is 0.393 e. The first-order chi connectivity index (χ1) is 10.9. The van der Waals surface area contributed by atoms with Gasteiger partial charge in [-0.25, -0.2) is 9.97 Å². The topological polar surface area (TPSA) is 41.0 Å². The Hall–Kier alpha value is -1.41. The second-order valence-corrected chi connectivity index (χ2v) is 7.64. The summed E-state index contributed by atoms with van der Waals surface area (Å²) in [7, 11) is 0. The zero-order valence-electron chi connectivity index (χ0n) is 12.5. The second kappa shape index (κ2) is 5.31. The van der Waals surface area contributed by atoms with E-state index >= 15 is 0 Å². The Morgan fingerprint density at radius 3 is 2.65 bits per heavy atom. The van der Waals surface area contributed by atoms with Gasteiger partial charge in [0, 0.05) is 23.4 Å². The third-order valence-corrected chi connectivity index (χ3v) is 5.79. The molecular weight excluding hydrogens is 325 g/mol. The molecule has 2 saturated heterocycles. The largest absolute Gasteiger partial charge is 0.393 e. The molecule has 23 heavy (non-hydrogen) atoms. The third kappa shape index (κ3) is 2.89. The Bertz CT molecular complexity index is 713. The number of rotatable bonds is 2. The third-order valence-electron chi connectivity index (χ3n) is 4.75. The minimum Gasteiger partial charge on any atom is -0.355 e. The Labute approximate surface area is 135 Å². The van der Waals surface area contributed by atoms with Crippen LogP contribution in [0.15, 0.2) is 12.4 Å². The van der Waals surface area contributed by atoms with Gasteiger partial charge in [-0.3, -0.25) is 0 Å². The number of fused-ring (bicyclic) bond motifs is 1. The summed E-state index contributed by atoms with van der Waals surface area (Å²) in [6.07, 6.45) is -1.33. The van der Waals surface area contributed by atoms with Gasteiger partial charge in [-0.05, 0) is 32.0 Å². The highest BCUT2D eigenvalue weighted by Crippen LogP contribution is 2.43. The van der Waals surface area contributed by atoms with Gasteiger partial charge in [-0.15, -0.1) is 11.3 Å². The molecule has 0 aromatic carbocycles. The molecule has 0 atom stereocenters. The number of hydrogen-bond acceptors (Lipinski definition) is 5. The number of hydrogen-bond donors (Lipinski definition) is 1. The minimum atomic E-state index is -4.19. The monoisotopic (exact) mass is 342 g/mol. The van der Waals surface area contributed by atoms with Gasteiger partial charge in [0.25, 0.3) is 0 Å². The van der Waals surface area contributed by atoms with Crippen LogP contribution in [0.3, 0.4) is 0 Å². The van der Waals surface area contributed by atoms with Gasteiger partial charge >= 0.3 is 6.18 Å². The number of piperidine rings is 1. The molecule has 0 amide bonds. The molecule has 2 aromatic rings. The van der Waals surface area contributed by atoms with Gasteiger partial charge in [-0.1, -0.05) is 0 Å². The normalized spacial score (nSPS) is 20.9. The van der Waals surface area contributed by atoms with Crippen LogP contribution < -0.4 is 10.2 Å². The van der Waals surface area contributed by atoms with Crippen LogP contribution in [0.25, 0.3) is 10.2 Å². The van der Waals surface area contributed by atoms with Gasteiger partial charge in [0.1, 0.15) is 17.0 Å². The first kappa shape index (κ1) is 15.1. The van der Waals surface area contributed by atoms with Gasteiger partial charge in [0.05, 0.1) is 11.8 Å². The van der Waals surface area contributed by atoms with Crippen LogP contribution in [0.5, 0.6) is 0 Å². The molecule has 1 N–H and O–H groups in total. The number of nitrogens with one attached hydrogen (secondary N) is 1. The van der Waals surface area contributed by atoms with E-state index in [2.05, 4.69) is 20.2 Å². The van der Waals surface area contributed by atoms with E-state index in [1.54, 1.807) is 6.07 Å². The summed E-state index contributed by atoms with van der Waals surface area (Å²) < 4.78 is 37.8. The first-order valence-corrected chi connectivity index (χ1v) is 8.52. The number of anilines is 1. The molecule has 4 heterocycles. The summed E-state index contributed by atoms with van der Waals surface area (Å²) >= 11 is 1.11. The lowest BCUT2D eigenvalue weighted by molar-refractivity contribution is -0.126. The standard InChI is InChI=1S/C15H17F3N4S/c16-15(17,18)6-10-5-11-12(20-9-21-13(11)23-10)22-7-14(8-22)1-3-19-4-2-14/h5,9,19H,1-4,6-8H2. The summed E-state index contributed by atoms with van der Waals surface area (Å²) in [6, 6.07) is 1.61. The van der Waals surface area contributed by atoms with E-state index < -0.39 is 12.6 Å². The summed E-state index contributed by atoms with van der Waals surface area (Å²) in [5.41, 5.74) is 0.355. The number of aromatic nitrogens is 2. The zero-order chi connectivity index (χ0) is 16.1. The molecule has 0 aliphatic carbocycles. The molecule has 0 radical (unpaired) electrons. The van der Waals surface area contributed by atoms with Crippen molar-refractivity contribution in [1.82, 2.24) is 15.3 Å². The Morgan fingerprint density at radius 1 is 1.22 bits per heavy atom. The van der Waals surface area contributed by atoms with E-state index in [0.717, 1.165) is 61.6 Å². The highest BCUT2D eigenvalue weighted by Gasteiger charge is 2.44. The van der Waals surface area contributed by atoms with Crippen LogP contribution in [0.1, 0.15) is 17.7 Å². The predicted molar refractivity (Wildman–Crippen MR) is 83.9 cm³/mol. The molecule has 2 fully saturated rings. The lowest BCUT2D eigenvalue weighted by Crippen LogP contribution is -2.60. The van der Waals surface area contributed by atoms with Gasteiger partial charge < -0.3 is 10.2 Å². The smallest absolute Gasteiger partial charge is 0.355 e. The molecule has 2 aliphatic rings. The van der Waals surface area contributed by atoms with Crippen LogP contribution >= 0.6 is 11.3 Å². The highest BCUT2D eigenvalue weighted by atomic mass is 32.1. The fourth-order valence-electron chi connectivity index (χ4n) is 3.62. The molecule has 4 nitrogen and oxygen atoms in total. The molecule has 4 rings (SSSR count). The van der Waals surface area contributed by atoms with Gasteiger partial charge in [0.2, 0.25) is 0 Å². The van der Waals surface area contributed by atoms with Crippen molar-refractivity contribution in [3.8, 4) is 0 Å². The van der Waals surface area contributed by atoms with Crippen LogP contribution in [0, 0.1) is 5.41 Å². The number of halogens is 3. The van der Waals surface area contributed by atoms with Gasteiger partial charge in [-0.2, -0.15) is 13.2 Å². The SMILES string of the molecule is FC(F)(F)Cc1cc2c(N3CC4(CCNCC4)C3)ncnc2s1. The second-order valence-electron chi connectivity index (χ2n) is 6.53. The molecular formula is C15H17F3N4S. The minimum absolute atomic E-state index is 0.298. The Kier molecular flexibility index (Phi) is 3.49. The summed E-state index contributed by atoms with van der Waals surface area (Å²) in [6.45, 7) is 3.96. The van der Waals surface area contributed by atoms with Crippen molar-refractivity contribution in [3.63, 3.8) is 0 Å². The predicted octanol–water partition coefficient (Wildman–Crippen LogP) is 2.99. The summed E-state index contributed by atoms with van der Waals surface area (Å²) in [5, 5.41) is 4.12. The highest BCUT2D eigenvalue weighted by molar-refractivity contribution is 7.18. The summed E-state index contributed by atoms with van der Waals surface area (Å²) in [5.74, 6) is 0.781. The van der Waals surface area contributed by atoms with Crippen molar-refractivity contribution in [2.24, 2.45) is 5.41 Å². The Balaban J connectivity index is 1.58. The quantitative estimate of drug-likeness (QED) is 0.911. The van der Waals surface area contributed by atoms with E-state index in [1.165, 1.54) is 6.33 Å². The number of nitrogens with zero attached hydrogens (tertiary/aromatic N) is 3. The molecule has 2 aliphatic heterocycles. The molecule has 8 heteroatoms. The number of thiophene rings is 1. The number of alkyl halides is 3. The lowest BCUT2D eigenvalue weighted by atomic mass is 9.72. The molecule has 0 saturated carbocycles. The molecule has 0 bridgehead atoms. The van der Waals surface area contributed by atoms with E-state index in [-0.39, 0.29) is 0 Å². The average Bonchev–Trinajstić information content (AvgIpc) is 2.85. The summed E-state index contributed by atoms with van der Waals surface area (Å²) in [4.78, 5) is 11.6. The molecule has 2 aromatic heterocycles. The molecule has 0 unspecified atom stereocenters. The van der Waals surface area contributed by atoms with E-state index in [1.807, 2.05) is 0 Å².